The molecular formula is C8H6ClNO. The van der Waals surface area contributed by atoms with Crippen molar-refractivity contribution in [3.8, 4) is 5.75 Å². The Morgan fingerprint density at radius 2 is 2.27 bits per heavy atom. The topological polar surface area (TPSA) is 24.6 Å². The van der Waals surface area contributed by atoms with Crippen molar-refractivity contribution >= 4 is 11.6 Å². The van der Waals surface area contributed by atoms with E-state index < -0.39 is 0 Å². The lowest BCUT2D eigenvalue weighted by Crippen LogP contribution is -1.78. The van der Waals surface area contributed by atoms with Gasteiger partial charge >= 0.3 is 0 Å². The van der Waals surface area contributed by atoms with E-state index in [1.165, 1.54) is 6.07 Å². The lowest BCUT2D eigenvalue weighted by molar-refractivity contribution is 0.475. The fourth-order valence-corrected chi connectivity index (χ4v) is 0.865. The van der Waals surface area contributed by atoms with Crippen LogP contribution >= 0.6 is 11.6 Å². The van der Waals surface area contributed by atoms with Crippen molar-refractivity contribution in [1.29, 1.82) is 0 Å². The Bertz CT molecular complexity index is 303. The molecule has 0 aliphatic heterocycles. The number of halogens is 1. The first-order valence-corrected chi connectivity index (χ1v) is 3.42. The molecule has 0 fully saturated rings. The lowest BCUT2D eigenvalue weighted by Gasteiger charge is -1.95. The number of aromatic hydroxyl groups is 1. The highest BCUT2D eigenvalue weighted by Crippen LogP contribution is 2.23. The summed E-state index contributed by atoms with van der Waals surface area (Å²) in [7, 11) is 0. The molecule has 0 saturated heterocycles. The van der Waals surface area contributed by atoms with E-state index in [-0.39, 0.29) is 12.3 Å². The first-order chi connectivity index (χ1) is 5.24. The first-order valence-electron chi connectivity index (χ1n) is 3.04. The van der Waals surface area contributed by atoms with Gasteiger partial charge < -0.3 is 9.95 Å². The predicted molar refractivity (Wildman–Crippen MR) is 43.4 cm³/mol. The van der Waals surface area contributed by atoms with E-state index in [1.54, 1.807) is 12.1 Å². The molecule has 3 heteroatoms. The second kappa shape index (κ2) is 3.27. The van der Waals surface area contributed by atoms with E-state index in [2.05, 4.69) is 4.85 Å². The summed E-state index contributed by atoms with van der Waals surface area (Å²) >= 11 is 5.55. The van der Waals surface area contributed by atoms with Crippen molar-refractivity contribution in [3.63, 3.8) is 0 Å². The average molecular weight is 168 g/mol. The minimum absolute atomic E-state index is 0.0350. The zero-order valence-electron chi connectivity index (χ0n) is 5.71. The fourth-order valence-electron chi connectivity index (χ4n) is 0.748. The maximum atomic E-state index is 9.09. The van der Waals surface area contributed by atoms with E-state index in [9.17, 15) is 0 Å². The van der Waals surface area contributed by atoms with E-state index in [1.807, 2.05) is 0 Å². The summed E-state index contributed by atoms with van der Waals surface area (Å²) in [6.45, 7) is 6.86. The van der Waals surface area contributed by atoms with E-state index >= 15 is 0 Å². The van der Waals surface area contributed by atoms with Crippen LogP contribution in [0.1, 0.15) is 5.56 Å². The van der Waals surface area contributed by atoms with Crippen LogP contribution in [0.15, 0.2) is 18.2 Å². The van der Waals surface area contributed by atoms with Gasteiger partial charge in [0.05, 0.1) is 5.02 Å². The molecule has 0 amide bonds. The van der Waals surface area contributed by atoms with Crippen molar-refractivity contribution in [2.45, 2.75) is 6.54 Å². The monoisotopic (exact) mass is 167 g/mol. The van der Waals surface area contributed by atoms with E-state index in [4.69, 9.17) is 23.3 Å². The molecule has 0 bridgehead atoms. The summed E-state index contributed by atoms with van der Waals surface area (Å²) in [6.07, 6.45) is 0. The van der Waals surface area contributed by atoms with Crippen molar-refractivity contribution in [2.24, 2.45) is 0 Å². The summed E-state index contributed by atoms with van der Waals surface area (Å²) in [5.74, 6) is 0.0350. The number of phenolic OH excluding ortho intramolecular Hbond substituents is 1. The molecule has 1 rings (SSSR count). The van der Waals surface area contributed by atoms with E-state index in [0.29, 0.717) is 5.02 Å². The molecule has 0 unspecified atom stereocenters. The molecule has 0 aromatic heterocycles. The number of nitrogens with zero attached hydrogens (tertiary/aromatic N) is 1. The molecule has 0 radical (unpaired) electrons. The number of phenols is 1. The largest absolute Gasteiger partial charge is 0.506 e. The van der Waals surface area contributed by atoms with Gasteiger partial charge in [0.15, 0.2) is 0 Å². The third-order valence-corrected chi connectivity index (χ3v) is 1.59. The molecule has 1 N–H and O–H groups in total. The Balaban J connectivity index is 2.98. The summed E-state index contributed by atoms with van der Waals surface area (Å²) in [5, 5.41) is 9.41. The summed E-state index contributed by atoms with van der Waals surface area (Å²) in [6, 6.07) is 4.80. The average Bonchev–Trinajstić information content (AvgIpc) is 1.98. The van der Waals surface area contributed by atoms with Gasteiger partial charge in [0, 0.05) is 5.56 Å². The van der Waals surface area contributed by atoms with Crippen LogP contribution in [0.25, 0.3) is 4.85 Å². The maximum absolute atomic E-state index is 9.09. The molecule has 1 aromatic carbocycles. The van der Waals surface area contributed by atoms with Crippen LogP contribution in [0.3, 0.4) is 0 Å². The van der Waals surface area contributed by atoms with Crippen LogP contribution in [-0.2, 0) is 6.54 Å². The van der Waals surface area contributed by atoms with Gasteiger partial charge in [-0.1, -0.05) is 11.6 Å². The number of rotatable bonds is 1. The van der Waals surface area contributed by atoms with Crippen LogP contribution in [0.5, 0.6) is 5.75 Å². The quantitative estimate of drug-likeness (QED) is 0.639. The molecule has 0 heterocycles. The molecular weight excluding hydrogens is 162 g/mol. The van der Waals surface area contributed by atoms with Gasteiger partial charge in [0.1, 0.15) is 5.75 Å². The molecule has 0 aliphatic rings. The Hall–Kier alpha value is -1.20. The molecule has 1 aromatic rings. The highest BCUT2D eigenvalue weighted by Gasteiger charge is 2.00. The molecule has 11 heavy (non-hydrogen) atoms. The van der Waals surface area contributed by atoms with Crippen LogP contribution in [0.4, 0.5) is 0 Å². The van der Waals surface area contributed by atoms with Crippen LogP contribution in [-0.4, -0.2) is 5.11 Å². The van der Waals surface area contributed by atoms with Gasteiger partial charge in [0.2, 0.25) is 6.54 Å². The Labute approximate surface area is 69.9 Å². The molecule has 0 spiro atoms. The highest BCUT2D eigenvalue weighted by atomic mass is 35.5. The second-order valence-electron chi connectivity index (χ2n) is 2.10. The van der Waals surface area contributed by atoms with Gasteiger partial charge in [-0.25, -0.2) is 6.57 Å². The van der Waals surface area contributed by atoms with Crippen LogP contribution in [0, 0.1) is 6.57 Å². The molecule has 0 saturated carbocycles. The van der Waals surface area contributed by atoms with Crippen molar-refractivity contribution in [1.82, 2.24) is 0 Å². The standard InChI is InChI=1S/C8H6ClNO/c1-10-5-6-2-3-7(9)8(11)4-6/h2-4,11H,5H2. The normalized spacial score (nSPS) is 9.09. The van der Waals surface area contributed by atoms with Crippen molar-refractivity contribution in [3.05, 3.63) is 40.2 Å². The van der Waals surface area contributed by atoms with Gasteiger partial charge in [0.25, 0.3) is 0 Å². The maximum Gasteiger partial charge on any atom is 0.239 e. The SMILES string of the molecule is [C-]#[N+]Cc1ccc(Cl)c(O)c1. The highest BCUT2D eigenvalue weighted by molar-refractivity contribution is 6.31. The molecule has 0 atom stereocenters. The zero-order chi connectivity index (χ0) is 8.27. The molecule has 56 valence electrons. The summed E-state index contributed by atoms with van der Waals surface area (Å²) < 4.78 is 0. The van der Waals surface area contributed by atoms with Crippen LogP contribution in [0.2, 0.25) is 5.02 Å². The third-order valence-electron chi connectivity index (χ3n) is 1.27. The summed E-state index contributed by atoms with van der Waals surface area (Å²) in [5.41, 5.74) is 0.780. The Kier molecular flexibility index (Phi) is 2.35. The van der Waals surface area contributed by atoms with Gasteiger partial charge in [-0.05, 0) is 18.2 Å². The fraction of sp³-hybridized carbons (Fsp3) is 0.125. The second-order valence-corrected chi connectivity index (χ2v) is 2.51. The number of hydrogen-bond donors (Lipinski definition) is 1. The van der Waals surface area contributed by atoms with Crippen molar-refractivity contribution in [2.75, 3.05) is 0 Å². The molecule has 0 aliphatic carbocycles. The third kappa shape index (κ3) is 1.86. The minimum Gasteiger partial charge on any atom is -0.506 e. The summed E-state index contributed by atoms with van der Waals surface area (Å²) in [4.78, 5) is 3.17. The molecule has 2 nitrogen and oxygen atoms in total. The van der Waals surface area contributed by atoms with Gasteiger partial charge in [-0.2, -0.15) is 0 Å². The zero-order valence-corrected chi connectivity index (χ0v) is 6.47. The van der Waals surface area contributed by atoms with Gasteiger partial charge in [-0.3, -0.25) is 0 Å². The van der Waals surface area contributed by atoms with E-state index in [0.717, 1.165) is 5.56 Å². The number of hydrogen-bond acceptors (Lipinski definition) is 1. The Morgan fingerprint density at radius 3 is 2.82 bits per heavy atom. The smallest absolute Gasteiger partial charge is 0.239 e. The predicted octanol–water partition coefficient (Wildman–Crippen LogP) is 2.46. The van der Waals surface area contributed by atoms with Crippen molar-refractivity contribution < 1.29 is 5.11 Å². The van der Waals surface area contributed by atoms with Crippen LogP contribution < -0.4 is 0 Å². The lowest BCUT2D eigenvalue weighted by atomic mass is 10.2. The van der Waals surface area contributed by atoms with Gasteiger partial charge in [-0.15, -0.1) is 0 Å². The Morgan fingerprint density at radius 1 is 1.55 bits per heavy atom. The first kappa shape index (κ1) is 7.90. The number of benzene rings is 1. The minimum atomic E-state index is 0.0350.